The topological polar surface area (TPSA) is 21.3 Å². The van der Waals surface area contributed by atoms with Crippen LogP contribution in [0.15, 0.2) is 24.3 Å². The summed E-state index contributed by atoms with van der Waals surface area (Å²) in [6.07, 6.45) is 5.56. The maximum atomic E-state index is 5.59. The second kappa shape index (κ2) is 5.78. The van der Waals surface area contributed by atoms with Crippen molar-refractivity contribution < 1.29 is 4.74 Å². The van der Waals surface area contributed by atoms with Gasteiger partial charge in [-0.15, -0.1) is 0 Å². The van der Waals surface area contributed by atoms with Gasteiger partial charge >= 0.3 is 0 Å². The SMILES string of the molecule is CCOc1ccccc1NCC1CCCC1. The van der Waals surface area contributed by atoms with Crippen LogP contribution in [0.3, 0.4) is 0 Å². The minimum atomic E-state index is 0.724. The Hall–Kier alpha value is -1.18. The zero-order valence-electron chi connectivity index (χ0n) is 10.0. The van der Waals surface area contributed by atoms with Crippen molar-refractivity contribution in [2.45, 2.75) is 32.6 Å². The second-order valence-electron chi connectivity index (χ2n) is 4.46. The number of para-hydroxylation sites is 2. The average molecular weight is 219 g/mol. The summed E-state index contributed by atoms with van der Waals surface area (Å²) in [7, 11) is 0. The summed E-state index contributed by atoms with van der Waals surface area (Å²) < 4.78 is 5.59. The predicted molar refractivity (Wildman–Crippen MR) is 68.1 cm³/mol. The van der Waals surface area contributed by atoms with Crippen molar-refractivity contribution in [3.8, 4) is 5.75 Å². The van der Waals surface area contributed by atoms with Gasteiger partial charge in [0.1, 0.15) is 5.75 Å². The number of hydrogen-bond acceptors (Lipinski definition) is 2. The molecule has 2 rings (SSSR count). The van der Waals surface area contributed by atoms with Crippen LogP contribution in [0.25, 0.3) is 0 Å². The van der Waals surface area contributed by atoms with Gasteiger partial charge in [-0.1, -0.05) is 25.0 Å². The molecule has 1 aromatic rings. The van der Waals surface area contributed by atoms with Crippen molar-refractivity contribution in [3.63, 3.8) is 0 Å². The highest BCUT2D eigenvalue weighted by molar-refractivity contribution is 5.56. The Bertz CT molecular complexity index is 318. The maximum Gasteiger partial charge on any atom is 0.142 e. The Labute approximate surface area is 98.0 Å². The molecule has 16 heavy (non-hydrogen) atoms. The van der Waals surface area contributed by atoms with Crippen LogP contribution in [-0.4, -0.2) is 13.2 Å². The van der Waals surface area contributed by atoms with Gasteiger partial charge in [-0.25, -0.2) is 0 Å². The number of ether oxygens (including phenoxy) is 1. The Morgan fingerprint density at radius 1 is 1.25 bits per heavy atom. The van der Waals surface area contributed by atoms with Crippen LogP contribution in [-0.2, 0) is 0 Å². The molecule has 0 heterocycles. The van der Waals surface area contributed by atoms with E-state index < -0.39 is 0 Å². The second-order valence-corrected chi connectivity index (χ2v) is 4.46. The zero-order valence-corrected chi connectivity index (χ0v) is 10.0. The van der Waals surface area contributed by atoms with E-state index in [1.54, 1.807) is 0 Å². The average Bonchev–Trinajstić information content (AvgIpc) is 2.81. The van der Waals surface area contributed by atoms with Gasteiger partial charge in [0, 0.05) is 6.54 Å². The molecule has 1 saturated carbocycles. The zero-order chi connectivity index (χ0) is 11.2. The highest BCUT2D eigenvalue weighted by Crippen LogP contribution is 2.28. The molecule has 2 nitrogen and oxygen atoms in total. The van der Waals surface area contributed by atoms with Crippen LogP contribution in [0, 0.1) is 5.92 Å². The Morgan fingerprint density at radius 3 is 2.75 bits per heavy atom. The largest absolute Gasteiger partial charge is 0.492 e. The van der Waals surface area contributed by atoms with E-state index >= 15 is 0 Å². The van der Waals surface area contributed by atoms with E-state index in [0.29, 0.717) is 0 Å². The lowest BCUT2D eigenvalue weighted by Gasteiger charge is -2.15. The fraction of sp³-hybridized carbons (Fsp3) is 0.571. The van der Waals surface area contributed by atoms with Crippen molar-refractivity contribution in [1.82, 2.24) is 0 Å². The van der Waals surface area contributed by atoms with Crippen LogP contribution in [0.4, 0.5) is 5.69 Å². The molecule has 1 aromatic carbocycles. The molecule has 0 saturated heterocycles. The first-order valence-electron chi connectivity index (χ1n) is 6.36. The number of hydrogen-bond donors (Lipinski definition) is 1. The minimum Gasteiger partial charge on any atom is -0.492 e. The lowest BCUT2D eigenvalue weighted by molar-refractivity contribution is 0.341. The summed E-state index contributed by atoms with van der Waals surface area (Å²) in [5.74, 6) is 1.83. The molecular weight excluding hydrogens is 198 g/mol. The first-order chi connectivity index (χ1) is 7.90. The van der Waals surface area contributed by atoms with Gasteiger partial charge in [-0.2, -0.15) is 0 Å². The maximum absolute atomic E-state index is 5.59. The number of benzene rings is 1. The number of nitrogens with one attached hydrogen (secondary N) is 1. The Morgan fingerprint density at radius 2 is 2.00 bits per heavy atom. The molecule has 1 aliphatic carbocycles. The smallest absolute Gasteiger partial charge is 0.142 e. The molecule has 0 amide bonds. The summed E-state index contributed by atoms with van der Waals surface area (Å²) in [5, 5.41) is 3.52. The number of anilines is 1. The van der Waals surface area contributed by atoms with Crippen LogP contribution in [0.5, 0.6) is 5.75 Å². The minimum absolute atomic E-state index is 0.724. The third-order valence-corrected chi connectivity index (χ3v) is 3.24. The van der Waals surface area contributed by atoms with Gasteiger partial charge in [0.2, 0.25) is 0 Å². The van der Waals surface area contributed by atoms with E-state index in [-0.39, 0.29) is 0 Å². The highest BCUT2D eigenvalue weighted by Gasteiger charge is 2.14. The van der Waals surface area contributed by atoms with Crippen LogP contribution >= 0.6 is 0 Å². The molecule has 0 unspecified atom stereocenters. The van der Waals surface area contributed by atoms with Crippen LogP contribution < -0.4 is 10.1 Å². The summed E-state index contributed by atoms with van der Waals surface area (Å²) in [5.41, 5.74) is 1.14. The van der Waals surface area contributed by atoms with E-state index in [2.05, 4.69) is 17.4 Å². The summed E-state index contributed by atoms with van der Waals surface area (Å²) in [4.78, 5) is 0. The molecule has 0 bridgehead atoms. The molecule has 0 atom stereocenters. The summed E-state index contributed by atoms with van der Waals surface area (Å²) >= 11 is 0. The summed E-state index contributed by atoms with van der Waals surface area (Å²) in [6, 6.07) is 8.20. The normalized spacial score (nSPS) is 16.3. The lowest BCUT2D eigenvalue weighted by Crippen LogP contribution is -2.11. The molecule has 1 N–H and O–H groups in total. The molecule has 0 radical (unpaired) electrons. The van der Waals surface area contributed by atoms with Crippen molar-refractivity contribution in [3.05, 3.63) is 24.3 Å². The van der Waals surface area contributed by atoms with Gasteiger partial charge < -0.3 is 10.1 Å². The summed E-state index contributed by atoms with van der Waals surface area (Å²) in [6.45, 7) is 3.83. The van der Waals surface area contributed by atoms with Gasteiger partial charge in [0.05, 0.1) is 12.3 Å². The van der Waals surface area contributed by atoms with Crippen LogP contribution in [0.1, 0.15) is 32.6 Å². The molecule has 0 spiro atoms. The van der Waals surface area contributed by atoms with E-state index in [1.165, 1.54) is 25.7 Å². The standard InChI is InChI=1S/C14H21NO/c1-2-16-14-10-6-5-9-13(14)15-11-12-7-3-4-8-12/h5-6,9-10,12,15H,2-4,7-8,11H2,1H3. The van der Waals surface area contributed by atoms with Gasteiger partial charge in [-0.3, -0.25) is 0 Å². The molecule has 1 fully saturated rings. The predicted octanol–water partition coefficient (Wildman–Crippen LogP) is 3.69. The molecular formula is C14H21NO. The Kier molecular flexibility index (Phi) is 4.09. The molecule has 2 heteroatoms. The van der Waals surface area contributed by atoms with Gasteiger partial charge in [-0.05, 0) is 37.8 Å². The van der Waals surface area contributed by atoms with Crippen LogP contribution in [0.2, 0.25) is 0 Å². The third-order valence-electron chi connectivity index (χ3n) is 3.24. The fourth-order valence-electron chi connectivity index (χ4n) is 2.36. The lowest BCUT2D eigenvalue weighted by atomic mass is 10.1. The van der Waals surface area contributed by atoms with E-state index in [4.69, 9.17) is 4.74 Å². The van der Waals surface area contributed by atoms with Crippen molar-refractivity contribution >= 4 is 5.69 Å². The molecule has 0 aliphatic heterocycles. The number of rotatable bonds is 5. The fourth-order valence-corrected chi connectivity index (χ4v) is 2.36. The van der Waals surface area contributed by atoms with Crippen molar-refractivity contribution in [1.29, 1.82) is 0 Å². The van der Waals surface area contributed by atoms with Gasteiger partial charge in [0.25, 0.3) is 0 Å². The third kappa shape index (κ3) is 2.91. The monoisotopic (exact) mass is 219 g/mol. The Balaban J connectivity index is 1.91. The molecule has 0 aromatic heterocycles. The van der Waals surface area contributed by atoms with E-state index in [9.17, 15) is 0 Å². The van der Waals surface area contributed by atoms with E-state index in [0.717, 1.165) is 30.5 Å². The van der Waals surface area contributed by atoms with Gasteiger partial charge in [0.15, 0.2) is 0 Å². The quantitative estimate of drug-likeness (QED) is 0.815. The van der Waals surface area contributed by atoms with Crippen molar-refractivity contribution in [2.75, 3.05) is 18.5 Å². The van der Waals surface area contributed by atoms with E-state index in [1.807, 2.05) is 19.1 Å². The first-order valence-corrected chi connectivity index (χ1v) is 6.36. The van der Waals surface area contributed by atoms with Crippen molar-refractivity contribution in [2.24, 2.45) is 5.92 Å². The highest BCUT2D eigenvalue weighted by atomic mass is 16.5. The molecule has 1 aliphatic rings. The first kappa shape index (κ1) is 11.3. The molecule has 88 valence electrons.